The van der Waals surface area contributed by atoms with Gasteiger partial charge in [-0.2, -0.15) is 0 Å². The topological polar surface area (TPSA) is 94.5 Å². The number of nitrogens with zero attached hydrogens (tertiary/aromatic N) is 1. The van der Waals surface area contributed by atoms with Gasteiger partial charge in [0.25, 0.3) is 0 Å². The average Bonchev–Trinajstić information content (AvgIpc) is 3.34. The summed E-state index contributed by atoms with van der Waals surface area (Å²) >= 11 is 3.50. The van der Waals surface area contributed by atoms with E-state index in [0.29, 0.717) is 32.8 Å². The lowest BCUT2D eigenvalue weighted by Crippen LogP contribution is -2.45. The maximum absolute atomic E-state index is 14.2. The molecule has 0 bridgehead atoms. The SMILES string of the molecule is COc1ccc([C@H](O)[C@H](C(=O)N2C(=O)OC[C@H]2C(C)C)c2cc(Br)ccc2OCc2ccccc2)cc1OC. The number of hydrogen-bond donors (Lipinski definition) is 1. The number of aliphatic hydroxyl groups is 1. The molecule has 0 unspecified atom stereocenters. The lowest BCUT2D eigenvalue weighted by Gasteiger charge is -2.31. The molecule has 3 aromatic rings. The fraction of sp³-hybridized carbons (Fsp3) is 0.333. The van der Waals surface area contributed by atoms with Gasteiger partial charge in [0.1, 0.15) is 19.0 Å². The van der Waals surface area contributed by atoms with Crippen LogP contribution in [0.2, 0.25) is 0 Å². The zero-order chi connectivity index (χ0) is 28.1. The molecule has 0 saturated carbocycles. The summed E-state index contributed by atoms with van der Waals surface area (Å²) in [5.74, 6) is -0.534. The molecule has 0 radical (unpaired) electrons. The van der Waals surface area contributed by atoms with Crippen molar-refractivity contribution in [2.24, 2.45) is 5.92 Å². The highest BCUT2D eigenvalue weighted by molar-refractivity contribution is 9.10. The molecular formula is C30H32BrNO7. The summed E-state index contributed by atoms with van der Waals surface area (Å²) in [5.41, 5.74) is 1.78. The molecule has 8 nitrogen and oxygen atoms in total. The minimum Gasteiger partial charge on any atom is -0.493 e. The van der Waals surface area contributed by atoms with E-state index >= 15 is 0 Å². The van der Waals surface area contributed by atoms with Crippen molar-refractivity contribution in [3.63, 3.8) is 0 Å². The van der Waals surface area contributed by atoms with Crippen LogP contribution in [0.25, 0.3) is 0 Å². The second-order valence-corrected chi connectivity index (χ2v) is 10.5. The van der Waals surface area contributed by atoms with E-state index in [1.807, 2.05) is 44.2 Å². The van der Waals surface area contributed by atoms with Crippen molar-refractivity contribution < 1.29 is 33.6 Å². The summed E-state index contributed by atoms with van der Waals surface area (Å²) in [4.78, 5) is 28.2. The fourth-order valence-electron chi connectivity index (χ4n) is 4.63. The average molecular weight is 598 g/mol. The number of cyclic esters (lactones) is 1. The summed E-state index contributed by atoms with van der Waals surface area (Å²) in [7, 11) is 3.01. The highest BCUT2D eigenvalue weighted by atomic mass is 79.9. The van der Waals surface area contributed by atoms with Crippen molar-refractivity contribution in [2.75, 3.05) is 20.8 Å². The number of methoxy groups -OCH3 is 2. The van der Waals surface area contributed by atoms with Gasteiger partial charge < -0.3 is 24.1 Å². The number of aliphatic hydroxyl groups excluding tert-OH is 1. The molecule has 1 fully saturated rings. The molecule has 9 heteroatoms. The molecule has 0 aromatic heterocycles. The zero-order valence-corrected chi connectivity index (χ0v) is 23.9. The molecule has 1 N–H and O–H groups in total. The Labute approximate surface area is 236 Å². The second kappa shape index (κ2) is 12.5. The Kier molecular flexibility index (Phi) is 9.14. The van der Waals surface area contributed by atoms with Gasteiger partial charge in [-0.1, -0.05) is 66.2 Å². The van der Waals surface area contributed by atoms with Gasteiger partial charge >= 0.3 is 6.09 Å². The van der Waals surface area contributed by atoms with E-state index in [0.717, 1.165) is 10.5 Å². The second-order valence-electron chi connectivity index (χ2n) is 9.59. The van der Waals surface area contributed by atoms with E-state index in [2.05, 4.69) is 15.9 Å². The summed E-state index contributed by atoms with van der Waals surface area (Å²) in [5, 5.41) is 11.8. The van der Waals surface area contributed by atoms with Crippen LogP contribution in [0.5, 0.6) is 17.2 Å². The van der Waals surface area contributed by atoms with Crippen molar-refractivity contribution in [3.05, 3.63) is 87.9 Å². The Morgan fingerprint density at radius 1 is 1.03 bits per heavy atom. The molecule has 1 aliphatic rings. The normalized spacial score (nSPS) is 16.5. The highest BCUT2D eigenvalue weighted by Crippen LogP contribution is 2.42. The predicted molar refractivity (Wildman–Crippen MR) is 149 cm³/mol. The van der Waals surface area contributed by atoms with Crippen LogP contribution >= 0.6 is 15.9 Å². The molecule has 4 rings (SSSR count). The molecule has 1 heterocycles. The molecular weight excluding hydrogens is 566 g/mol. The minimum absolute atomic E-state index is 0.0458. The summed E-state index contributed by atoms with van der Waals surface area (Å²) < 4.78 is 22.9. The maximum Gasteiger partial charge on any atom is 0.417 e. The van der Waals surface area contributed by atoms with E-state index < -0.39 is 30.1 Å². The van der Waals surface area contributed by atoms with Gasteiger partial charge in [-0.25, -0.2) is 9.69 Å². The van der Waals surface area contributed by atoms with Crippen molar-refractivity contribution in [2.45, 2.75) is 38.5 Å². The monoisotopic (exact) mass is 597 g/mol. The first-order chi connectivity index (χ1) is 18.7. The molecule has 39 heavy (non-hydrogen) atoms. The number of rotatable bonds is 10. The minimum atomic E-state index is -1.35. The number of halogens is 1. The predicted octanol–water partition coefficient (Wildman–Crippen LogP) is 5.87. The van der Waals surface area contributed by atoms with Crippen LogP contribution in [-0.2, 0) is 16.1 Å². The van der Waals surface area contributed by atoms with Crippen LogP contribution in [0.4, 0.5) is 4.79 Å². The van der Waals surface area contributed by atoms with Crippen LogP contribution in [0.15, 0.2) is 71.2 Å². The van der Waals surface area contributed by atoms with Gasteiger partial charge in [0.2, 0.25) is 5.91 Å². The van der Waals surface area contributed by atoms with Gasteiger partial charge in [0.15, 0.2) is 11.5 Å². The molecule has 1 aliphatic heterocycles. The molecule has 3 aromatic carbocycles. The van der Waals surface area contributed by atoms with E-state index in [4.69, 9.17) is 18.9 Å². The van der Waals surface area contributed by atoms with Gasteiger partial charge in [-0.15, -0.1) is 0 Å². The van der Waals surface area contributed by atoms with E-state index in [-0.39, 0.29) is 19.1 Å². The highest BCUT2D eigenvalue weighted by Gasteiger charge is 2.45. The zero-order valence-electron chi connectivity index (χ0n) is 22.3. The molecule has 206 valence electrons. The summed E-state index contributed by atoms with van der Waals surface area (Å²) in [6.07, 6.45) is -2.09. The van der Waals surface area contributed by atoms with Crippen LogP contribution in [-0.4, -0.2) is 48.9 Å². The molecule has 0 aliphatic carbocycles. The largest absolute Gasteiger partial charge is 0.493 e. The number of amides is 2. The Bertz CT molecular complexity index is 1310. The Balaban J connectivity index is 1.81. The standard InChI is InChI=1S/C30H32BrNO7/c1-18(2)23-17-39-30(35)32(23)29(34)27(28(33)20-10-12-25(36-3)26(14-20)37-4)22-15-21(31)11-13-24(22)38-16-19-8-6-5-7-9-19/h5-15,18,23,27-28,33H,16-17H2,1-4H3/t23-,27+,28-/m0/s1. The number of benzene rings is 3. The number of ether oxygens (including phenoxy) is 4. The van der Waals surface area contributed by atoms with Crippen LogP contribution in [0, 0.1) is 5.92 Å². The van der Waals surface area contributed by atoms with Crippen LogP contribution in [0.3, 0.4) is 0 Å². The number of imide groups is 1. The Hall–Kier alpha value is -3.56. The van der Waals surface area contributed by atoms with Crippen molar-refractivity contribution in [1.29, 1.82) is 0 Å². The Morgan fingerprint density at radius 2 is 1.72 bits per heavy atom. The van der Waals surface area contributed by atoms with Gasteiger partial charge in [0.05, 0.1) is 32.3 Å². The van der Waals surface area contributed by atoms with Crippen molar-refractivity contribution in [1.82, 2.24) is 4.90 Å². The van der Waals surface area contributed by atoms with E-state index in [1.165, 1.54) is 14.2 Å². The first-order valence-electron chi connectivity index (χ1n) is 12.6. The van der Waals surface area contributed by atoms with Gasteiger partial charge in [-0.05, 0) is 47.4 Å². The molecule has 0 spiro atoms. The van der Waals surface area contributed by atoms with Crippen molar-refractivity contribution in [3.8, 4) is 17.2 Å². The lowest BCUT2D eigenvalue weighted by atomic mass is 9.86. The molecule has 3 atom stereocenters. The number of hydrogen-bond acceptors (Lipinski definition) is 7. The summed E-state index contributed by atoms with van der Waals surface area (Å²) in [6, 6.07) is 19.4. The third kappa shape index (κ3) is 6.20. The maximum atomic E-state index is 14.2. The fourth-order valence-corrected chi connectivity index (χ4v) is 5.01. The summed E-state index contributed by atoms with van der Waals surface area (Å²) in [6.45, 7) is 4.18. The molecule has 1 saturated heterocycles. The quantitative estimate of drug-likeness (QED) is 0.312. The third-order valence-corrected chi connectivity index (χ3v) is 7.28. The van der Waals surface area contributed by atoms with Crippen molar-refractivity contribution >= 4 is 27.9 Å². The van der Waals surface area contributed by atoms with Crippen LogP contribution in [0.1, 0.15) is 42.6 Å². The number of carbonyl (C=O) groups is 2. The third-order valence-electron chi connectivity index (χ3n) is 6.79. The van der Waals surface area contributed by atoms with E-state index in [1.54, 1.807) is 36.4 Å². The smallest absolute Gasteiger partial charge is 0.417 e. The van der Waals surface area contributed by atoms with Crippen LogP contribution < -0.4 is 14.2 Å². The first-order valence-corrected chi connectivity index (χ1v) is 13.4. The lowest BCUT2D eigenvalue weighted by molar-refractivity contribution is -0.134. The molecule has 2 amide bonds. The number of carbonyl (C=O) groups excluding carboxylic acids is 2. The Morgan fingerprint density at radius 3 is 2.38 bits per heavy atom. The van der Waals surface area contributed by atoms with E-state index in [9.17, 15) is 14.7 Å². The van der Waals surface area contributed by atoms with Gasteiger partial charge in [-0.3, -0.25) is 4.79 Å². The first kappa shape index (κ1) is 28.4. The van der Waals surface area contributed by atoms with Gasteiger partial charge in [0, 0.05) is 10.0 Å².